The maximum Gasteiger partial charge on any atom is 0.189 e. The summed E-state index contributed by atoms with van der Waals surface area (Å²) in [7, 11) is 0. The van der Waals surface area contributed by atoms with Crippen LogP contribution in [-0.4, -0.2) is 17.5 Å². The fourth-order valence-corrected chi connectivity index (χ4v) is 2.07. The van der Waals surface area contributed by atoms with Crippen molar-refractivity contribution in [1.82, 2.24) is 10.3 Å². The zero-order chi connectivity index (χ0) is 12.8. The van der Waals surface area contributed by atoms with Crippen molar-refractivity contribution in [2.45, 2.75) is 6.54 Å². The van der Waals surface area contributed by atoms with Crippen LogP contribution in [-0.2, 0) is 6.54 Å². The molecule has 3 N–H and O–H groups in total. The first-order valence-electron chi connectivity index (χ1n) is 5.42. The maximum absolute atomic E-state index is 5.66. The smallest absolute Gasteiger partial charge is 0.189 e. The topological polar surface area (TPSA) is 76.4 Å². The quantitative estimate of drug-likeness (QED) is 0.491. The number of guanidine groups is 1. The van der Waals surface area contributed by atoms with E-state index in [0.29, 0.717) is 19.0 Å². The van der Waals surface area contributed by atoms with Crippen LogP contribution in [0.2, 0.25) is 0 Å². The van der Waals surface area contributed by atoms with Gasteiger partial charge < -0.3 is 15.5 Å². The van der Waals surface area contributed by atoms with Crippen molar-refractivity contribution in [2.24, 2.45) is 10.7 Å². The molecule has 0 saturated carbocycles. The van der Waals surface area contributed by atoms with Crippen LogP contribution in [0.5, 0.6) is 0 Å². The van der Waals surface area contributed by atoms with Crippen molar-refractivity contribution >= 4 is 17.3 Å². The molecule has 0 aliphatic heterocycles. The Morgan fingerprint density at radius 1 is 1.67 bits per heavy atom. The summed E-state index contributed by atoms with van der Waals surface area (Å²) >= 11 is 1.53. The number of hydrogen-bond acceptors (Lipinski definition) is 4. The lowest BCUT2D eigenvalue weighted by atomic mass is 10.4. The van der Waals surface area contributed by atoms with Gasteiger partial charge in [-0.3, -0.25) is 0 Å². The second kappa shape index (κ2) is 6.02. The minimum Gasteiger partial charge on any atom is -0.462 e. The summed E-state index contributed by atoms with van der Waals surface area (Å²) in [5.41, 5.74) is 6.53. The molecule has 0 saturated heterocycles. The highest BCUT2D eigenvalue weighted by Gasteiger charge is 2.06. The highest BCUT2D eigenvalue weighted by molar-refractivity contribution is 7.13. The van der Waals surface area contributed by atoms with Gasteiger partial charge in [-0.2, -0.15) is 0 Å². The van der Waals surface area contributed by atoms with Crippen LogP contribution >= 0.6 is 11.3 Å². The van der Waals surface area contributed by atoms with Crippen LogP contribution in [0.3, 0.4) is 0 Å². The van der Waals surface area contributed by atoms with Crippen molar-refractivity contribution in [1.29, 1.82) is 0 Å². The fraction of sp³-hybridized carbons (Fsp3) is 0.167. The van der Waals surface area contributed by atoms with Crippen LogP contribution in [0.15, 0.2) is 45.8 Å². The van der Waals surface area contributed by atoms with Crippen molar-refractivity contribution < 1.29 is 4.42 Å². The Morgan fingerprint density at radius 2 is 2.56 bits per heavy atom. The van der Waals surface area contributed by atoms with Gasteiger partial charge in [0.05, 0.1) is 18.5 Å². The second-order valence-corrected chi connectivity index (χ2v) is 4.35. The van der Waals surface area contributed by atoms with Crippen molar-refractivity contribution in [3.05, 3.63) is 42.1 Å². The van der Waals surface area contributed by atoms with Gasteiger partial charge in [-0.15, -0.1) is 17.9 Å². The number of aliphatic imine (C=N–C) groups is 1. The second-order valence-electron chi connectivity index (χ2n) is 3.49. The number of rotatable bonds is 5. The molecule has 2 aromatic rings. The van der Waals surface area contributed by atoms with Gasteiger partial charge in [-0.1, -0.05) is 6.08 Å². The van der Waals surface area contributed by atoms with E-state index in [4.69, 9.17) is 10.2 Å². The molecule has 0 radical (unpaired) electrons. The molecule has 0 amide bonds. The predicted octanol–water partition coefficient (Wildman–Crippen LogP) is 1.99. The van der Waals surface area contributed by atoms with Crippen LogP contribution in [0.4, 0.5) is 0 Å². The Hall–Kier alpha value is -2.08. The summed E-state index contributed by atoms with van der Waals surface area (Å²) in [6, 6.07) is 3.72. The number of aromatic nitrogens is 1. The number of thiazole rings is 1. The van der Waals surface area contributed by atoms with E-state index in [1.165, 1.54) is 11.3 Å². The van der Waals surface area contributed by atoms with Crippen LogP contribution in [0, 0.1) is 0 Å². The molecule has 0 spiro atoms. The van der Waals surface area contributed by atoms with Gasteiger partial charge in [0.15, 0.2) is 16.7 Å². The van der Waals surface area contributed by atoms with Crippen LogP contribution < -0.4 is 11.1 Å². The van der Waals surface area contributed by atoms with Crippen molar-refractivity contribution in [2.75, 3.05) is 6.54 Å². The maximum atomic E-state index is 5.66. The predicted molar refractivity (Wildman–Crippen MR) is 73.3 cm³/mol. The number of nitrogens with zero attached hydrogens (tertiary/aromatic N) is 2. The summed E-state index contributed by atoms with van der Waals surface area (Å²) in [6.45, 7) is 4.64. The molecule has 18 heavy (non-hydrogen) atoms. The summed E-state index contributed by atoms with van der Waals surface area (Å²) in [4.78, 5) is 8.59. The van der Waals surface area contributed by atoms with E-state index < -0.39 is 0 Å². The van der Waals surface area contributed by atoms with E-state index in [1.54, 1.807) is 12.3 Å². The Kier molecular flexibility index (Phi) is 4.14. The zero-order valence-corrected chi connectivity index (χ0v) is 10.6. The average molecular weight is 262 g/mol. The van der Waals surface area contributed by atoms with Gasteiger partial charge >= 0.3 is 0 Å². The lowest BCUT2D eigenvalue weighted by molar-refractivity contribution is 0.581. The van der Waals surface area contributed by atoms with Crippen molar-refractivity contribution in [3.63, 3.8) is 0 Å². The SMILES string of the molecule is C=CCNC(N)=NCc1csc(-c2ccco2)n1. The summed E-state index contributed by atoms with van der Waals surface area (Å²) in [5, 5.41) is 5.70. The lowest BCUT2D eigenvalue weighted by Gasteiger charge is -2.00. The Balaban J connectivity index is 1.97. The monoisotopic (exact) mass is 262 g/mol. The molecule has 0 unspecified atom stereocenters. The molecule has 2 rings (SSSR count). The minimum absolute atomic E-state index is 0.391. The average Bonchev–Trinajstić information content (AvgIpc) is 3.03. The van der Waals surface area contributed by atoms with E-state index in [1.807, 2.05) is 17.5 Å². The van der Waals surface area contributed by atoms with E-state index in [9.17, 15) is 0 Å². The fourth-order valence-electron chi connectivity index (χ4n) is 1.29. The summed E-state index contributed by atoms with van der Waals surface area (Å²) in [6.07, 6.45) is 3.35. The van der Waals surface area contributed by atoms with E-state index >= 15 is 0 Å². The standard InChI is InChI=1S/C12H14N4OS/c1-2-5-14-12(13)15-7-9-8-18-11(16-9)10-4-3-6-17-10/h2-4,6,8H,1,5,7H2,(H3,13,14,15). The van der Waals surface area contributed by atoms with Gasteiger partial charge in [-0.05, 0) is 12.1 Å². The molecular formula is C12H14N4OS. The van der Waals surface area contributed by atoms with E-state index in [-0.39, 0.29) is 0 Å². The number of furan rings is 1. The van der Waals surface area contributed by atoms with Crippen LogP contribution in [0.25, 0.3) is 10.8 Å². The van der Waals surface area contributed by atoms with E-state index in [0.717, 1.165) is 16.5 Å². The lowest BCUT2D eigenvalue weighted by Crippen LogP contribution is -2.31. The normalized spacial score (nSPS) is 11.4. The first kappa shape index (κ1) is 12.4. The van der Waals surface area contributed by atoms with Gasteiger partial charge in [0.2, 0.25) is 0 Å². The van der Waals surface area contributed by atoms with Crippen molar-refractivity contribution in [3.8, 4) is 10.8 Å². The molecule has 0 fully saturated rings. The molecule has 0 bridgehead atoms. The third-order valence-electron chi connectivity index (χ3n) is 2.12. The third-order valence-corrected chi connectivity index (χ3v) is 3.03. The Labute approximate surface area is 109 Å². The summed E-state index contributed by atoms with van der Waals surface area (Å²) < 4.78 is 5.28. The molecule has 2 heterocycles. The first-order valence-corrected chi connectivity index (χ1v) is 6.30. The molecule has 5 nitrogen and oxygen atoms in total. The van der Waals surface area contributed by atoms with Gasteiger partial charge in [0.25, 0.3) is 0 Å². The highest BCUT2D eigenvalue weighted by atomic mass is 32.1. The zero-order valence-electron chi connectivity index (χ0n) is 9.80. The first-order chi connectivity index (χ1) is 8.79. The van der Waals surface area contributed by atoms with Crippen LogP contribution in [0.1, 0.15) is 5.69 Å². The summed E-state index contributed by atoms with van der Waals surface area (Å²) in [5.74, 6) is 1.16. The molecule has 0 atom stereocenters. The molecule has 0 aliphatic rings. The van der Waals surface area contributed by atoms with Gasteiger partial charge in [0.1, 0.15) is 0 Å². The molecule has 2 aromatic heterocycles. The molecule has 94 valence electrons. The third kappa shape index (κ3) is 3.21. The Bertz CT molecular complexity index is 530. The highest BCUT2D eigenvalue weighted by Crippen LogP contribution is 2.24. The van der Waals surface area contributed by atoms with E-state index in [2.05, 4.69) is 21.9 Å². The largest absolute Gasteiger partial charge is 0.462 e. The van der Waals surface area contributed by atoms with Gasteiger partial charge in [0, 0.05) is 11.9 Å². The number of nitrogens with one attached hydrogen (secondary N) is 1. The molecular weight excluding hydrogens is 248 g/mol. The molecule has 0 aliphatic carbocycles. The Morgan fingerprint density at radius 3 is 3.28 bits per heavy atom. The number of nitrogens with two attached hydrogens (primary N) is 1. The minimum atomic E-state index is 0.391. The molecule has 6 heteroatoms. The number of hydrogen-bond donors (Lipinski definition) is 2. The molecule has 0 aromatic carbocycles. The van der Waals surface area contributed by atoms with Gasteiger partial charge in [-0.25, -0.2) is 9.98 Å².